The van der Waals surface area contributed by atoms with Crippen molar-refractivity contribution < 1.29 is 9.13 Å². The molecule has 2 aromatic rings. The molecule has 4 nitrogen and oxygen atoms in total. The Morgan fingerprint density at radius 2 is 2.18 bits per heavy atom. The van der Waals surface area contributed by atoms with Crippen LogP contribution in [0.1, 0.15) is 36.2 Å². The maximum Gasteiger partial charge on any atom is 0.155 e. The number of hydrogen-bond donors (Lipinski definition) is 1. The van der Waals surface area contributed by atoms with Crippen LogP contribution < -0.4 is 10.5 Å². The summed E-state index contributed by atoms with van der Waals surface area (Å²) in [5.41, 5.74) is 9.53. The third-order valence-electron chi connectivity index (χ3n) is 6.63. The van der Waals surface area contributed by atoms with Crippen molar-refractivity contribution in [2.75, 3.05) is 7.11 Å². The lowest BCUT2D eigenvalue weighted by molar-refractivity contribution is 0.313. The van der Waals surface area contributed by atoms with Crippen LogP contribution in [-0.2, 0) is 12.0 Å². The zero-order valence-electron chi connectivity index (χ0n) is 16.1. The first kappa shape index (κ1) is 17.7. The van der Waals surface area contributed by atoms with Gasteiger partial charge in [-0.15, -0.1) is 0 Å². The van der Waals surface area contributed by atoms with Crippen LogP contribution in [0, 0.1) is 11.8 Å². The molecule has 0 bridgehead atoms. The van der Waals surface area contributed by atoms with Gasteiger partial charge in [-0.3, -0.25) is 4.99 Å². The number of aromatic nitrogens is 1. The molecule has 1 aliphatic heterocycles. The second kappa shape index (κ2) is 5.83. The molecule has 0 amide bonds. The first-order valence-electron chi connectivity index (χ1n) is 9.43. The summed E-state index contributed by atoms with van der Waals surface area (Å²) in [6.45, 7) is 4.57. The lowest BCUT2D eigenvalue weighted by Crippen LogP contribution is -2.45. The monoisotopic (exact) mass is 395 g/mol. The van der Waals surface area contributed by atoms with Crippen LogP contribution >= 0.6 is 11.8 Å². The Kier molecular flexibility index (Phi) is 3.69. The number of nitrogens with zero attached hydrogens (tertiary/aromatic N) is 2. The van der Waals surface area contributed by atoms with Gasteiger partial charge in [-0.1, -0.05) is 30.8 Å². The number of benzene rings is 1. The highest BCUT2D eigenvalue weighted by Gasteiger charge is 2.72. The molecule has 4 atom stereocenters. The molecule has 3 aliphatic rings. The molecule has 28 heavy (non-hydrogen) atoms. The van der Waals surface area contributed by atoms with E-state index in [4.69, 9.17) is 15.5 Å². The van der Waals surface area contributed by atoms with Crippen LogP contribution in [0.5, 0.6) is 5.75 Å². The fourth-order valence-electron chi connectivity index (χ4n) is 5.02. The van der Waals surface area contributed by atoms with E-state index in [1.54, 1.807) is 31.0 Å². The highest BCUT2D eigenvalue weighted by molar-refractivity contribution is 8.15. The average molecular weight is 396 g/mol. The Labute approximate surface area is 168 Å². The molecule has 1 saturated carbocycles. The number of thioether (sulfide) groups is 1. The molecule has 5 rings (SSSR count). The summed E-state index contributed by atoms with van der Waals surface area (Å²) in [6, 6.07) is 9.43. The van der Waals surface area contributed by atoms with Gasteiger partial charge in [0.25, 0.3) is 0 Å². The van der Waals surface area contributed by atoms with Gasteiger partial charge in [-0.05, 0) is 53.8 Å². The molecular formula is C22H22FN3OS. The predicted octanol–water partition coefficient (Wildman–Crippen LogP) is 4.40. The number of methoxy groups -OCH3 is 1. The number of pyridine rings is 1. The molecule has 6 heteroatoms. The number of fused-ring (bicyclic) bond motifs is 4. The Hall–Kier alpha value is -2.34. The van der Waals surface area contributed by atoms with Crippen molar-refractivity contribution in [2.45, 2.75) is 30.6 Å². The Morgan fingerprint density at radius 1 is 1.36 bits per heavy atom. The van der Waals surface area contributed by atoms with Crippen molar-refractivity contribution in [1.29, 1.82) is 0 Å². The zero-order valence-corrected chi connectivity index (χ0v) is 16.9. The first-order valence-corrected chi connectivity index (χ1v) is 10.2. The van der Waals surface area contributed by atoms with Crippen LogP contribution in [0.25, 0.3) is 11.9 Å². The normalized spacial score (nSPS) is 32.9. The van der Waals surface area contributed by atoms with Crippen molar-refractivity contribution in [3.63, 3.8) is 0 Å². The maximum atomic E-state index is 14.7. The fourth-order valence-corrected chi connectivity index (χ4v) is 6.45. The Balaban J connectivity index is 1.49. The van der Waals surface area contributed by atoms with E-state index in [0.29, 0.717) is 22.8 Å². The molecule has 1 aromatic heterocycles. The molecule has 1 spiro atoms. The van der Waals surface area contributed by atoms with Crippen molar-refractivity contribution in [3.8, 4) is 5.75 Å². The van der Waals surface area contributed by atoms with Crippen molar-refractivity contribution in [1.82, 2.24) is 4.98 Å². The van der Waals surface area contributed by atoms with Crippen molar-refractivity contribution >= 4 is 28.8 Å². The molecule has 0 radical (unpaired) electrons. The Bertz CT molecular complexity index is 1030. The SMILES string of the molecule is COc1ccc(/C(F)=C/c2ccc3c(c2)[C@@]2(C3)N=C(N)S[C@]3(C)C2[C@@H]3C)nc1. The Morgan fingerprint density at radius 3 is 2.89 bits per heavy atom. The van der Waals surface area contributed by atoms with Gasteiger partial charge in [0.1, 0.15) is 11.6 Å². The summed E-state index contributed by atoms with van der Waals surface area (Å²) in [7, 11) is 1.56. The minimum absolute atomic E-state index is 0.160. The standard InChI is InChI=1S/C22H22FN3OS/c1-12-19-21(12,2)28-20(24)26-22(19)10-14-5-4-13(8-16(14)22)9-17(23)18-7-6-15(27-3)11-25-18/h4-9,11-12,19H,10H2,1-3H3,(H2,24,26)/b17-9-/t12-,19?,21-,22+/m0/s1. The van der Waals surface area contributed by atoms with E-state index >= 15 is 0 Å². The highest BCUT2D eigenvalue weighted by atomic mass is 32.2. The van der Waals surface area contributed by atoms with E-state index in [2.05, 4.69) is 31.0 Å². The zero-order chi connectivity index (χ0) is 19.7. The fraction of sp³-hybridized carbons (Fsp3) is 0.364. The van der Waals surface area contributed by atoms with Gasteiger partial charge in [-0.25, -0.2) is 9.37 Å². The quantitative estimate of drug-likeness (QED) is 0.837. The summed E-state index contributed by atoms with van der Waals surface area (Å²) in [5, 5.41) is 0.670. The molecule has 2 heterocycles. The minimum Gasteiger partial charge on any atom is -0.495 e. The minimum atomic E-state index is -0.372. The molecule has 2 aliphatic carbocycles. The summed E-state index contributed by atoms with van der Waals surface area (Å²) in [5.74, 6) is 1.28. The van der Waals surface area contributed by atoms with Gasteiger partial charge in [0.2, 0.25) is 0 Å². The third-order valence-corrected chi connectivity index (χ3v) is 8.00. The summed E-state index contributed by atoms with van der Waals surface area (Å²) < 4.78 is 20.0. The number of hydrogen-bond acceptors (Lipinski definition) is 5. The van der Waals surface area contributed by atoms with E-state index in [-0.39, 0.29) is 21.8 Å². The molecule has 1 aromatic carbocycles. The second-order valence-electron chi connectivity index (χ2n) is 8.10. The maximum absolute atomic E-state index is 14.7. The number of ether oxygens (including phenoxy) is 1. The molecule has 2 N–H and O–H groups in total. The average Bonchev–Trinajstić information content (AvgIpc) is 3.22. The van der Waals surface area contributed by atoms with Crippen molar-refractivity contribution in [3.05, 3.63) is 58.9 Å². The molecule has 0 saturated heterocycles. The van der Waals surface area contributed by atoms with Gasteiger partial charge >= 0.3 is 0 Å². The predicted molar refractivity (Wildman–Crippen MR) is 112 cm³/mol. The van der Waals surface area contributed by atoms with Gasteiger partial charge in [0.05, 0.1) is 24.5 Å². The lowest BCUT2D eigenvalue weighted by atomic mass is 9.66. The number of rotatable bonds is 3. The largest absolute Gasteiger partial charge is 0.495 e. The molecule has 1 unspecified atom stereocenters. The highest BCUT2D eigenvalue weighted by Crippen LogP contribution is 2.72. The van der Waals surface area contributed by atoms with E-state index in [0.717, 1.165) is 12.0 Å². The van der Waals surface area contributed by atoms with E-state index in [1.807, 2.05) is 6.07 Å². The molecule has 1 fully saturated rings. The smallest absolute Gasteiger partial charge is 0.155 e. The summed E-state index contributed by atoms with van der Waals surface area (Å²) in [6.07, 6.45) is 3.96. The van der Waals surface area contributed by atoms with Crippen LogP contribution in [0.15, 0.2) is 41.5 Å². The van der Waals surface area contributed by atoms with Crippen LogP contribution in [0.4, 0.5) is 4.39 Å². The third kappa shape index (κ3) is 2.37. The van der Waals surface area contributed by atoms with E-state index < -0.39 is 0 Å². The van der Waals surface area contributed by atoms with Crippen LogP contribution in [0.3, 0.4) is 0 Å². The summed E-state index contributed by atoms with van der Waals surface area (Å²) in [4.78, 5) is 9.01. The van der Waals surface area contributed by atoms with E-state index in [1.165, 1.54) is 23.4 Å². The van der Waals surface area contributed by atoms with Gasteiger partial charge in [0, 0.05) is 17.1 Å². The number of halogens is 1. The number of amidine groups is 1. The number of nitrogens with two attached hydrogens (primary N) is 1. The summed E-state index contributed by atoms with van der Waals surface area (Å²) >= 11 is 1.70. The lowest BCUT2D eigenvalue weighted by Gasteiger charge is -2.45. The topological polar surface area (TPSA) is 60.5 Å². The van der Waals surface area contributed by atoms with E-state index in [9.17, 15) is 4.39 Å². The van der Waals surface area contributed by atoms with Crippen molar-refractivity contribution in [2.24, 2.45) is 22.6 Å². The van der Waals surface area contributed by atoms with Crippen LogP contribution in [-0.4, -0.2) is 22.0 Å². The van der Waals surface area contributed by atoms with Gasteiger partial charge < -0.3 is 10.5 Å². The van der Waals surface area contributed by atoms with Gasteiger partial charge in [-0.2, -0.15) is 0 Å². The first-order chi connectivity index (χ1) is 13.4. The van der Waals surface area contributed by atoms with Crippen LogP contribution in [0.2, 0.25) is 0 Å². The number of aliphatic imine (C=N–C) groups is 1. The molecular weight excluding hydrogens is 373 g/mol. The molecule has 144 valence electrons. The van der Waals surface area contributed by atoms with Gasteiger partial charge in [0.15, 0.2) is 5.17 Å². The second-order valence-corrected chi connectivity index (χ2v) is 9.60.